The van der Waals surface area contributed by atoms with E-state index < -0.39 is 0 Å². The average Bonchev–Trinajstić information content (AvgIpc) is 3.04. The molecular weight excluding hydrogens is 308 g/mol. The Morgan fingerprint density at radius 2 is 1.71 bits per heavy atom. The maximum Gasteiger partial charge on any atom is 0.265 e. The third-order valence-electron chi connectivity index (χ3n) is 3.94. The zero-order valence-corrected chi connectivity index (χ0v) is 14.7. The Labute approximate surface area is 141 Å². The van der Waals surface area contributed by atoms with Crippen LogP contribution in [0.3, 0.4) is 0 Å². The molecule has 130 valence electrons. The fraction of sp³-hybridized carbons (Fsp3) is 0.600. The number of anilines is 3. The normalized spacial score (nSPS) is 15.6. The predicted octanol–water partition coefficient (Wildman–Crippen LogP) is 0.314. The van der Waals surface area contributed by atoms with Crippen LogP contribution in [-0.4, -0.2) is 79.4 Å². The highest BCUT2D eigenvalue weighted by atomic mass is 16.5. The van der Waals surface area contributed by atoms with E-state index in [0.717, 1.165) is 37.9 Å². The molecule has 1 saturated heterocycles. The fourth-order valence-corrected chi connectivity index (χ4v) is 2.55. The second kappa shape index (κ2) is 7.00. The summed E-state index contributed by atoms with van der Waals surface area (Å²) in [6, 6.07) is 1.96. The van der Waals surface area contributed by atoms with Crippen LogP contribution in [0.4, 0.5) is 17.7 Å². The molecule has 0 N–H and O–H groups in total. The van der Waals surface area contributed by atoms with Crippen LogP contribution >= 0.6 is 0 Å². The van der Waals surface area contributed by atoms with Crippen molar-refractivity contribution < 1.29 is 4.52 Å². The first-order valence-corrected chi connectivity index (χ1v) is 8.00. The topological polar surface area (TPSA) is 77.7 Å². The van der Waals surface area contributed by atoms with Crippen LogP contribution in [0.15, 0.2) is 16.8 Å². The van der Waals surface area contributed by atoms with E-state index in [1.165, 1.54) is 0 Å². The van der Waals surface area contributed by atoms with Crippen molar-refractivity contribution in [1.29, 1.82) is 0 Å². The Hall–Kier alpha value is -2.42. The molecule has 3 heterocycles. The molecule has 0 aliphatic carbocycles. The van der Waals surface area contributed by atoms with E-state index in [0.29, 0.717) is 18.4 Å². The maximum absolute atomic E-state index is 5.30. The van der Waals surface area contributed by atoms with E-state index >= 15 is 0 Å². The van der Waals surface area contributed by atoms with Gasteiger partial charge in [-0.05, 0) is 11.2 Å². The number of hydrogen-bond acceptors (Lipinski definition) is 9. The number of hydrogen-bond donors (Lipinski definition) is 0. The van der Waals surface area contributed by atoms with Crippen molar-refractivity contribution in [3.63, 3.8) is 0 Å². The molecule has 1 aliphatic heterocycles. The molecule has 2 aromatic rings. The van der Waals surface area contributed by atoms with Crippen molar-refractivity contribution in [2.24, 2.45) is 0 Å². The molecular formula is C15H24N8O. The van der Waals surface area contributed by atoms with Crippen molar-refractivity contribution in [2.75, 3.05) is 69.1 Å². The number of nitrogens with zero attached hydrogens (tertiary/aromatic N) is 8. The summed E-state index contributed by atoms with van der Waals surface area (Å²) < 4.78 is 5.30. The number of piperazine rings is 1. The van der Waals surface area contributed by atoms with E-state index in [1.807, 2.05) is 50.3 Å². The number of rotatable bonds is 5. The molecule has 0 spiro atoms. The first-order valence-electron chi connectivity index (χ1n) is 8.00. The quantitative estimate of drug-likeness (QED) is 0.769. The fourth-order valence-electron chi connectivity index (χ4n) is 2.55. The Morgan fingerprint density at radius 1 is 1.00 bits per heavy atom. The molecule has 1 aliphatic rings. The highest BCUT2D eigenvalue weighted by molar-refractivity contribution is 5.43. The summed E-state index contributed by atoms with van der Waals surface area (Å²) in [6.07, 6.45) is 1.81. The smallest absolute Gasteiger partial charge is 0.265 e. The van der Waals surface area contributed by atoms with Crippen LogP contribution < -0.4 is 14.7 Å². The van der Waals surface area contributed by atoms with E-state index in [2.05, 4.69) is 29.9 Å². The van der Waals surface area contributed by atoms with Crippen molar-refractivity contribution in [2.45, 2.75) is 6.54 Å². The van der Waals surface area contributed by atoms with Crippen molar-refractivity contribution in [3.8, 4) is 0 Å². The molecule has 2 aromatic heterocycles. The van der Waals surface area contributed by atoms with Gasteiger partial charge in [0.05, 0.1) is 6.54 Å². The minimum Gasteiger partial charge on any atom is -0.354 e. The minimum atomic E-state index is 0.612. The van der Waals surface area contributed by atoms with Crippen LogP contribution in [0.25, 0.3) is 0 Å². The van der Waals surface area contributed by atoms with Crippen LogP contribution in [0.1, 0.15) is 5.89 Å². The second-order valence-electron chi connectivity index (χ2n) is 6.26. The Morgan fingerprint density at radius 3 is 2.33 bits per heavy atom. The Bertz CT molecular complexity index is 663. The summed E-state index contributed by atoms with van der Waals surface area (Å²) in [5.41, 5.74) is 0. The van der Waals surface area contributed by atoms with Gasteiger partial charge in [0.15, 0.2) is 0 Å². The van der Waals surface area contributed by atoms with Gasteiger partial charge in [-0.3, -0.25) is 4.90 Å². The molecule has 0 unspecified atom stereocenters. The lowest BCUT2D eigenvalue weighted by molar-refractivity contribution is 0.215. The van der Waals surface area contributed by atoms with Crippen molar-refractivity contribution >= 4 is 17.7 Å². The molecule has 0 amide bonds. The molecule has 3 rings (SSSR count). The predicted molar refractivity (Wildman–Crippen MR) is 92.5 cm³/mol. The highest BCUT2D eigenvalue weighted by Gasteiger charge is 2.20. The average molecular weight is 332 g/mol. The molecule has 0 radical (unpaired) electrons. The lowest BCUT2D eigenvalue weighted by Crippen LogP contribution is -2.46. The Kier molecular flexibility index (Phi) is 4.79. The summed E-state index contributed by atoms with van der Waals surface area (Å²) in [6.45, 7) is 4.38. The Balaban J connectivity index is 1.56. The van der Waals surface area contributed by atoms with Crippen molar-refractivity contribution in [3.05, 3.63) is 18.2 Å². The van der Waals surface area contributed by atoms with Crippen molar-refractivity contribution in [1.82, 2.24) is 25.0 Å². The summed E-state index contributed by atoms with van der Waals surface area (Å²) in [5, 5.41) is 3.95. The van der Waals surface area contributed by atoms with Gasteiger partial charge in [0.25, 0.3) is 5.95 Å². The lowest BCUT2D eigenvalue weighted by Gasteiger charge is -2.34. The van der Waals surface area contributed by atoms with E-state index in [4.69, 9.17) is 4.52 Å². The van der Waals surface area contributed by atoms with Gasteiger partial charge in [0, 0.05) is 60.6 Å². The third kappa shape index (κ3) is 3.73. The zero-order chi connectivity index (χ0) is 17.1. The van der Waals surface area contributed by atoms with Crippen LogP contribution in [-0.2, 0) is 6.54 Å². The number of aromatic nitrogens is 4. The first-order chi connectivity index (χ1) is 11.5. The molecule has 0 aromatic carbocycles. The SMILES string of the molecule is CN(C)c1nccc(N2CCN(Cc3nc(N(C)C)no3)CC2)n1. The van der Waals surface area contributed by atoms with Gasteiger partial charge in [0.2, 0.25) is 11.8 Å². The third-order valence-corrected chi connectivity index (χ3v) is 3.94. The molecule has 0 saturated carbocycles. The summed E-state index contributed by atoms with van der Waals surface area (Å²) in [7, 11) is 7.70. The van der Waals surface area contributed by atoms with Crippen LogP contribution in [0, 0.1) is 0 Å². The van der Waals surface area contributed by atoms with Gasteiger partial charge >= 0.3 is 0 Å². The molecule has 1 fully saturated rings. The van der Waals surface area contributed by atoms with Gasteiger partial charge in [-0.1, -0.05) is 0 Å². The lowest BCUT2D eigenvalue weighted by atomic mass is 10.3. The van der Waals surface area contributed by atoms with E-state index in [1.54, 1.807) is 0 Å². The standard InChI is InChI=1S/C15H24N8O/c1-20(2)14-16-6-5-12(17-14)23-9-7-22(8-10-23)11-13-18-15(19-24-13)21(3)4/h5-6H,7-11H2,1-4H3. The first kappa shape index (κ1) is 16.4. The minimum absolute atomic E-state index is 0.612. The van der Waals surface area contributed by atoms with Gasteiger partial charge in [-0.15, -0.1) is 0 Å². The second-order valence-corrected chi connectivity index (χ2v) is 6.26. The summed E-state index contributed by atoms with van der Waals surface area (Å²) >= 11 is 0. The monoisotopic (exact) mass is 332 g/mol. The van der Waals surface area contributed by atoms with Gasteiger partial charge in [0.1, 0.15) is 5.82 Å². The maximum atomic E-state index is 5.30. The summed E-state index contributed by atoms with van der Waals surface area (Å²) in [4.78, 5) is 21.6. The van der Waals surface area contributed by atoms with Gasteiger partial charge < -0.3 is 19.2 Å². The molecule has 24 heavy (non-hydrogen) atoms. The van der Waals surface area contributed by atoms with E-state index in [-0.39, 0.29) is 0 Å². The molecule has 0 atom stereocenters. The molecule has 9 heteroatoms. The van der Waals surface area contributed by atoms with E-state index in [9.17, 15) is 0 Å². The zero-order valence-electron chi connectivity index (χ0n) is 14.7. The van der Waals surface area contributed by atoms with Crippen LogP contribution in [0.2, 0.25) is 0 Å². The van der Waals surface area contributed by atoms with Gasteiger partial charge in [-0.2, -0.15) is 9.97 Å². The summed E-state index contributed by atoms with van der Waals surface area (Å²) in [5.74, 6) is 2.97. The van der Waals surface area contributed by atoms with Gasteiger partial charge in [-0.25, -0.2) is 4.98 Å². The highest BCUT2D eigenvalue weighted by Crippen LogP contribution is 2.17. The van der Waals surface area contributed by atoms with Crippen LogP contribution in [0.5, 0.6) is 0 Å². The molecule has 0 bridgehead atoms. The largest absolute Gasteiger partial charge is 0.354 e. The molecule has 9 nitrogen and oxygen atoms in total.